The van der Waals surface area contributed by atoms with Gasteiger partial charge in [0.1, 0.15) is 23.1 Å². The summed E-state index contributed by atoms with van der Waals surface area (Å²) < 4.78 is 46.0. The number of hydrogen-bond donors (Lipinski definition) is 2. The van der Waals surface area contributed by atoms with Gasteiger partial charge in [-0.1, -0.05) is 0 Å². The molecule has 0 atom stereocenters. The molecule has 0 bridgehead atoms. The van der Waals surface area contributed by atoms with Gasteiger partial charge in [0.05, 0.1) is 25.3 Å². The fraction of sp³-hybridized carbons (Fsp3) is 0.182. The number of nitrogen functional groups attached to an aromatic ring is 1. The number of nitrogens with two attached hydrogens (primary N) is 1. The van der Waals surface area contributed by atoms with Crippen LogP contribution in [0.3, 0.4) is 0 Å². The number of carbonyl (C=O) groups excluding carboxylic acids is 1. The fourth-order valence-electron chi connectivity index (χ4n) is 3.90. The van der Waals surface area contributed by atoms with E-state index in [1.165, 1.54) is 12.4 Å². The minimum atomic E-state index is -4.56. The molecule has 1 aliphatic rings. The molecule has 8 nitrogen and oxygen atoms in total. The summed E-state index contributed by atoms with van der Waals surface area (Å²) >= 11 is 0. The van der Waals surface area contributed by atoms with Crippen molar-refractivity contribution in [1.82, 2.24) is 19.5 Å². The zero-order valence-electron chi connectivity index (χ0n) is 17.1. The summed E-state index contributed by atoms with van der Waals surface area (Å²) in [5, 5.41) is 2.70. The molecule has 3 aromatic heterocycles. The van der Waals surface area contributed by atoms with E-state index in [1.54, 1.807) is 24.3 Å². The van der Waals surface area contributed by atoms with Crippen LogP contribution in [0.1, 0.15) is 22.5 Å². The van der Waals surface area contributed by atoms with Crippen LogP contribution < -0.4 is 11.1 Å². The molecule has 1 amide bonds. The van der Waals surface area contributed by atoms with Crippen molar-refractivity contribution in [1.29, 1.82) is 0 Å². The molecule has 168 valence electrons. The summed E-state index contributed by atoms with van der Waals surface area (Å²) in [7, 11) is 0. The van der Waals surface area contributed by atoms with Crippen LogP contribution >= 0.6 is 0 Å². The highest BCUT2D eigenvalue weighted by molar-refractivity contribution is 5.93. The Morgan fingerprint density at radius 3 is 2.67 bits per heavy atom. The second-order valence-electron chi connectivity index (χ2n) is 7.53. The van der Waals surface area contributed by atoms with Crippen LogP contribution in [0.2, 0.25) is 0 Å². The number of pyridine rings is 1. The normalized spacial score (nSPS) is 13.3. The summed E-state index contributed by atoms with van der Waals surface area (Å²) in [5.41, 5.74) is 9.93. The Balaban J connectivity index is 1.37. The van der Waals surface area contributed by atoms with Crippen LogP contribution in [0.15, 0.2) is 48.9 Å². The maximum Gasteiger partial charge on any atom is 0.433 e. The number of fused-ring (bicyclic) bond motifs is 3. The lowest BCUT2D eigenvalue weighted by Crippen LogP contribution is -2.15. The lowest BCUT2D eigenvalue weighted by molar-refractivity contribution is -0.141. The first kappa shape index (κ1) is 20.9. The zero-order valence-corrected chi connectivity index (χ0v) is 17.1. The Labute approximate surface area is 185 Å². The highest BCUT2D eigenvalue weighted by Gasteiger charge is 2.32. The number of benzene rings is 1. The van der Waals surface area contributed by atoms with Gasteiger partial charge in [-0.05, 0) is 42.0 Å². The monoisotopic (exact) mass is 454 g/mol. The first-order chi connectivity index (χ1) is 15.8. The van der Waals surface area contributed by atoms with E-state index in [0.717, 1.165) is 34.7 Å². The second-order valence-corrected chi connectivity index (χ2v) is 7.53. The minimum absolute atomic E-state index is 0.214. The Morgan fingerprint density at radius 2 is 1.91 bits per heavy atom. The molecule has 5 rings (SSSR count). The Morgan fingerprint density at radius 1 is 1.12 bits per heavy atom. The topological polar surface area (TPSA) is 108 Å². The molecule has 1 aromatic carbocycles. The lowest BCUT2D eigenvalue weighted by atomic mass is 10.1. The van der Waals surface area contributed by atoms with E-state index >= 15 is 0 Å². The largest absolute Gasteiger partial charge is 0.433 e. The number of aromatic nitrogens is 4. The van der Waals surface area contributed by atoms with Gasteiger partial charge >= 0.3 is 6.18 Å². The standard InChI is InChI=1S/C22H17F3N6O2/c23-22(24,25)17-7-12(5-6-27-17)8-18(32)30-13-1-3-14(4-2-13)31-16-10-33-9-15(16)19-20(31)21(26)29-11-28-19/h1-7,11H,8-10H2,(H,30,32)(H2,26,28,29). The Bertz CT molecular complexity index is 1370. The molecule has 0 aliphatic carbocycles. The molecule has 0 saturated carbocycles. The van der Waals surface area contributed by atoms with Gasteiger partial charge in [-0.3, -0.25) is 9.78 Å². The van der Waals surface area contributed by atoms with Gasteiger partial charge in [-0.2, -0.15) is 13.2 Å². The van der Waals surface area contributed by atoms with E-state index in [2.05, 4.69) is 20.3 Å². The maximum atomic E-state index is 12.8. The van der Waals surface area contributed by atoms with Gasteiger partial charge in [-0.25, -0.2) is 9.97 Å². The van der Waals surface area contributed by atoms with Crippen LogP contribution in [-0.4, -0.2) is 25.4 Å². The average molecular weight is 454 g/mol. The van der Waals surface area contributed by atoms with Gasteiger partial charge in [0.2, 0.25) is 5.91 Å². The van der Waals surface area contributed by atoms with Crippen LogP contribution in [0.5, 0.6) is 0 Å². The van der Waals surface area contributed by atoms with Gasteiger partial charge in [0.15, 0.2) is 5.82 Å². The summed E-state index contributed by atoms with van der Waals surface area (Å²) in [5.74, 6) is -0.0946. The first-order valence-electron chi connectivity index (χ1n) is 9.94. The minimum Gasteiger partial charge on any atom is -0.382 e. The molecule has 3 N–H and O–H groups in total. The predicted molar refractivity (Wildman–Crippen MR) is 113 cm³/mol. The molecule has 33 heavy (non-hydrogen) atoms. The number of halogens is 3. The van der Waals surface area contributed by atoms with Crippen molar-refractivity contribution in [3.05, 3.63) is 71.4 Å². The lowest BCUT2D eigenvalue weighted by Gasteiger charge is -2.12. The molecular weight excluding hydrogens is 437 g/mol. The van der Waals surface area contributed by atoms with E-state index in [9.17, 15) is 18.0 Å². The maximum absolute atomic E-state index is 12.8. The molecule has 0 fully saturated rings. The van der Waals surface area contributed by atoms with E-state index in [0.29, 0.717) is 30.2 Å². The first-order valence-corrected chi connectivity index (χ1v) is 9.94. The molecule has 0 saturated heterocycles. The molecule has 1 aliphatic heterocycles. The Kier molecular flexibility index (Phi) is 4.97. The third kappa shape index (κ3) is 3.87. The molecule has 11 heteroatoms. The average Bonchev–Trinajstić information content (AvgIpc) is 3.36. The van der Waals surface area contributed by atoms with Crippen molar-refractivity contribution in [2.75, 3.05) is 11.1 Å². The smallest absolute Gasteiger partial charge is 0.382 e. The molecule has 4 heterocycles. The van der Waals surface area contributed by atoms with E-state index in [-0.39, 0.29) is 12.0 Å². The van der Waals surface area contributed by atoms with E-state index in [1.807, 2.05) is 4.57 Å². The van der Waals surface area contributed by atoms with Gasteiger partial charge in [-0.15, -0.1) is 0 Å². The van der Waals surface area contributed by atoms with Crippen LogP contribution in [0.4, 0.5) is 24.7 Å². The van der Waals surface area contributed by atoms with Gasteiger partial charge in [0.25, 0.3) is 0 Å². The number of carbonyl (C=O) groups is 1. The van der Waals surface area contributed by atoms with Crippen molar-refractivity contribution in [2.24, 2.45) is 0 Å². The molecule has 0 unspecified atom stereocenters. The third-order valence-corrected chi connectivity index (χ3v) is 5.35. The van der Waals surface area contributed by atoms with E-state index in [4.69, 9.17) is 10.5 Å². The molecular formula is C22H17F3N6O2. The number of rotatable bonds is 4. The number of hydrogen-bond acceptors (Lipinski definition) is 6. The molecule has 0 spiro atoms. The number of anilines is 2. The Hall–Kier alpha value is -3.99. The number of nitrogens with zero attached hydrogens (tertiary/aromatic N) is 4. The quantitative estimate of drug-likeness (QED) is 0.488. The van der Waals surface area contributed by atoms with Crippen molar-refractivity contribution < 1.29 is 22.7 Å². The van der Waals surface area contributed by atoms with Crippen molar-refractivity contribution in [3.63, 3.8) is 0 Å². The van der Waals surface area contributed by atoms with Gasteiger partial charge in [0, 0.05) is 23.1 Å². The zero-order chi connectivity index (χ0) is 23.2. The van der Waals surface area contributed by atoms with E-state index < -0.39 is 17.8 Å². The van der Waals surface area contributed by atoms with Crippen molar-refractivity contribution >= 4 is 28.4 Å². The van der Waals surface area contributed by atoms with Crippen LogP contribution in [-0.2, 0) is 35.3 Å². The number of alkyl halides is 3. The highest BCUT2D eigenvalue weighted by Crippen LogP contribution is 2.35. The molecule has 4 aromatic rings. The summed E-state index contributed by atoms with van der Waals surface area (Å²) in [6.45, 7) is 0.851. The third-order valence-electron chi connectivity index (χ3n) is 5.35. The fourth-order valence-corrected chi connectivity index (χ4v) is 3.90. The van der Waals surface area contributed by atoms with Crippen LogP contribution in [0, 0.1) is 0 Å². The van der Waals surface area contributed by atoms with Gasteiger partial charge < -0.3 is 20.4 Å². The summed E-state index contributed by atoms with van der Waals surface area (Å²) in [6.07, 6.45) is -2.32. The SMILES string of the molecule is Nc1ncnc2c3c(n(-c4ccc(NC(=O)Cc5ccnc(C(F)(F)F)c5)cc4)c12)COC3. The number of amides is 1. The summed E-state index contributed by atoms with van der Waals surface area (Å²) in [6, 6.07) is 9.26. The van der Waals surface area contributed by atoms with Crippen molar-refractivity contribution in [3.8, 4) is 5.69 Å². The number of nitrogens with one attached hydrogen (secondary N) is 1. The highest BCUT2D eigenvalue weighted by atomic mass is 19.4. The second kappa shape index (κ2) is 7.85. The van der Waals surface area contributed by atoms with Crippen LogP contribution in [0.25, 0.3) is 16.7 Å². The summed E-state index contributed by atoms with van der Waals surface area (Å²) in [4.78, 5) is 24.1. The molecule has 0 radical (unpaired) electrons. The predicted octanol–water partition coefficient (Wildman–Crippen LogP) is 3.63. The number of ether oxygens (including phenoxy) is 1. The van der Waals surface area contributed by atoms with Crippen molar-refractivity contribution in [2.45, 2.75) is 25.8 Å².